The maximum atomic E-state index is 12.0. The molecule has 1 saturated heterocycles. The Morgan fingerprint density at radius 3 is 2.50 bits per heavy atom. The third-order valence-corrected chi connectivity index (χ3v) is 3.64. The SMILES string of the molecule is C[C@@H](C(=O)NCc1ccccc1Cl)N1C(=O)CCC1=O. The number of nitrogens with one attached hydrogen (secondary N) is 1. The molecule has 0 aromatic heterocycles. The van der Waals surface area contributed by atoms with Crippen LogP contribution in [0, 0.1) is 0 Å². The van der Waals surface area contributed by atoms with Gasteiger partial charge in [-0.2, -0.15) is 0 Å². The summed E-state index contributed by atoms with van der Waals surface area (Å²) in [7, 11) is 0. The summed E-state index contributed by atoms with van der Waals surface area (Å²) in [4.78, 5) is 36.2. The van der Waals surface area contributed by atoms with E-state index in [9.17, 15) is 14.4 Å². The van der Waals surface area contributed by atoms with Crippen molar-refractivity contribution in [1.82, 2.24) is 10.2 Å². The average Bonchev–Trinajstić information content (AvgIpc) is 2.76. The van der Waals surface area contributed by atoms with Crippen molar-refractivity contribution in [1.29, 1.82) is 0 Å². The van der Waals surface area contributed by atoms with Crippen LogP contribution in [0.25, 0.3) is 0 Å². The number of rotatable bonds is 4. The van der Waals surface area contributed by atoms with E-state index < -0.39 is 6.04 Å². The van der Waals surface area contributed by atoms with E-state index >= 15 is 0 Å². The first-order valence-corrected chi connectivity index (χ1v) is 6.74. The summed E-state index contributed by atoms with van der Waals surface area (Å²) < 4.78 is 0. The highest BCUT2D eigenvalue weighted by atomic mass is 35.5. The highest BCUT2D eigenvalue weighted by molar-refractivity contribution is 6.31. The van der Waals surface area contributed by atoms with Crippen molar-refractivity contribution in [2.24, 2.45) is 0 Å². The molecule has 5 nitrogen and oxygen atoms in total. The molecule has 1 aliphatic heterocycles. The molecule has 106 valence electrons. The van der Waals surface area contributed by atoms with Crippen LogP contribution in [0.4, 0.5) is 0 Å². The van der Waals surface area contributed by atoms with Crippen LogP contribution in [0.15, 0.2) is 24.3 Å². The fourth-order valence-electron chi connectivity index (χ4n) is 2.11. The van der Waals surface area contributed by atoms with Crippen LogP contribution in [-0.2, 0) is 20.9 Å². The first-order chi connectivity index (χ1) is 9.50. The molecule has 1 atom stereocenters. The van der Waals surface area contributed by atoms with Gasteiger partial charge >= 0.3 is 0 Å². The molecular formula is C14H15ClN2O3. The number of likely N-dealkylation sites (tertiary alicyclic amines) is 1. The minimum atomic E-state index is -0.792. The van der Waals surface area contributed by atoms with Crippen LogP contribution in [0.3, 0.4) is 0 Å². The van der Waals surface area contributed by atoms with Crippen molar-refractivity contribution in [2.75, 3.05) is 0 Å². The third kappa shape index (κ3) is 2.99. The van der Waals surface area contributed by atoms with Gasteiger partial charge in [-0.15, -0.1) is 0 Å². The highest BCUT2D eigenvalue weighted by Gasteiger charge is 2.35. The van der Waals surface area contributed by atoms with Crippen LogP contribution in [0.5, 0.6) is 0 Å². The van der Waals surface area contributed by atoms with Gasteiger partial charge in [-0.1, -0.05) is 29.8 Å². The lowest BCUT2D eigenvalue weighted by Gasteiger charge is -2.21. The minimum Gasteiger partial charge on any atom is -0.350 e. The zero-order valence-corrected chi connectivity index (χ0v) is 11.8. The predicted octanol–water partition coefficient (Wildman–Crippen LogP) is 1.49. The zero-order chi connectivity index (χ0) is 14.7. The summed E-state index contributed by atoms with van der Waals surface area (Å²) in [6.45, 7) is 1.81. The molecule has 0 radical (unpaired) electrons. The number of amides is 3. The summed E-state index contributed by atoms with van der Waals surface area (Å²) in [6.07, 6.45) is 0.363. The van der Waals surface area contributed by atoms with Crippen molar-refractivity contribution >= 4 is 29.3 Å². The maximum absolute atomic E-state index is 12.0. The van der Waals surface area contributed by atoms with E-state index in [2.05, 4.69) is 5.32 Å². The summed E-state index contributed by atoms with van der Waals surface area (Å²) in [5.74, 6) is -0.959. The second-order valence-electron chi connectivity index (χ2n) is 4.64. The Balaban J connectivity index is 1.97. The zero-order valence-electron chi connectivity index (χ0n) is 11.1. The average molecular weight is 295 g/mol. The van der Waals surface area contributed by atoms with Crippen molar-refractivity contribution in [2.45, 2.75) is 32.4 Å². The van der Waals surface area contributed by atoms with Crippen LogP contribution in [0.2, 0.25) is 5.02 Å². The molecule has 6 heteroatoms. The molecule has 0 saturated carbocycles. The van der Waals surface area contributed by atoms with Gasteiger partial charge in [0, 0.05) is 24.4 Å². The van der Waals surface area contributed by atoms with Crippen molar-refractivity contribution in [3.8, 4) is 0 Å². The Morgan fingerprint density at radius 2 is 1.90 bits per heavy atom. The topological polar surface area (TPSA) is 66.5 Å². The molecule has 1 N–H and O–H groups in total. The van der Waals surface area contributed by atoms with E-state index in [1.807, 2.05) is 6.07 Å². The van der Waals surface area contributed by atoms with Gasteiger partial charge in [0.15, 0.2) is 0 Å². The molecule has 1 fully saturated rings. The fourth-order valence-corrected chi connectivity index (χ4v) is 2.32. The first kappa shape index (κ1) is 14.5. The molecule has 0 bridgehead atoms. The molecule has 0 unspecified atom stereocenters. The number of nitrogens with zero attached hydrogens (tertiary/aromatic N) is 1. The lowest BCUT2D eigenvalue weighted by molar-refractivity contribution is -0.146. The molecule has 1 heterocycles. The van der Waals surface area contributed by atoms with E-state index in [1.54, 1.807) is 25.1 Å². The number of imide groups is 1. The Kier molecular flexibility index (Phi) is 4.39. The van der Waals surface area contributed by atoms with Gasteiger partial charge in [-0.25, -0.2) is 0 Å². The van der Waals surface area contributed by atoms with E-state index in [0.717, 1.165) is 10.5 Å². The normalized spacial score (nSPS) is 16.4. The highest BCUT2D eigenvalue weighted by Crippen LogP contribution is 2.17. The van der Waals surface area contributed by atoms with Gasteiger partial charge in [0.2, 0.25) is 17.7 Å². The number of halogens is 1. The molecule has 1 aromatic rings. The number of carbonyl (C=O) groups is 3. The van der Waals surface area contributed by atoms with Crippen LogP contribution >= 0.6 is 11.6 Å². The molecule has 3 amide bonds. The van der Waals surface area contributed by atoms with Gasteiger partial charge in [0.1, 0.15) is 6.04 Å². The Hall–Kier alpha value is -1.88. The number of carbonyl (C=O) groups excluding carboxylic acids is 3. The standard InChI is InChI=1S/C14H15ClN2O3/c1-9(17-12(18)6-7-13(17)19)14(20)16-8-10-4-2-3-5-11(10)15/h2-5,9H,6-8H2,1H3,(H,16,20)/t9-/m0/s1. The molecular weight excluding hydrogens is 280 g/mol. The number of hydrogen-bond donors (Lipinski definition) is 1. The van der Waals surface area contributed by atoms with Crippen LogP contribution in [-0.4, -0.2) is 28.7 Å². The van der Waals surface area contributed by atoms with E-state index in [0.29, 0.717) is 5.02 Å². The summed E-state index contributed by atoms with van der Waals surface area (Å²) in [5.41, 5.74) is 0.786. The summed E-state index contributed by atoms with van der Waals surface area (Å²) >= 11 is 5.99. The van der Waals surface area contributed by atoms with Gasteiger partial charge in [-0.05, 0) is 18.6 Å². The molecule has 0 aliphatic carbocycles. The summed E-state index contributed by atoms with van der Waals surface area (Å²) in [6, 6.07) is 6.38. The number of benzene rings is 1. The maximum Gasteiger partial charge on any atom is 0.243 e. The molecule has 1 aliphatic rings. The predicted molar refractivity (Wildman–Crippen MR) is 73.8 cm³/mol. The molecule has 1 aromatic carbocycles. The number of hydrogen-bond acceptors (Lipinski definition) is 3. The van der Waals surface area contributed by atoms with Crippen molar-refractivity contribution in [3.63, 3.8) is 0 Å². The Bertz CT molecular complexity index is 543. The second-order valence-corrected chi connectivity index (χ2v) is 5.05. The molecule has 20 heavy (non-hydrogen) atoms. The largest absolute Gasteiger partial charge is 0.350 e. The lowest BCUT2D eigenvalue weighted by atomic mass is 10.2. The van der Waals surface area contributed by atoms with E-state index in [4.69, 9.17) is 11.6 Å². The fraction of sp³-hybridized carbons (Fsp3) is 0.357. The third-order valence-electron chi connectivity index (χ3n) is 3.27. The van der Waals surface area contributed by atoms with Crippen LogP contribution in [0.1, 0.15) is 25.3 Å². The van der Waals surface area contributed by atoms with Crippen molar-refractivity contribution in [3.05, 3.63) is 34.9 Å². The van der Waals surface area contributed by atoms with Gasteiger partial charge in [0.05, 0.1) is 0 Å². The first-order valence-electron chi connectivity index (χ1n) is 6.36. The molecule has 0 spiro atoms. The quantitative estimate of drug-likeness (QED) is 0.856. The molecule has 2 rings (SSSR count). The smallest absolute Gasteiger partial charge is 0.243 e. The summed E-state index contributed by atoms with van der Waals surface area (Å²) in [5, 5.41) is 3.25. The van der Waals surface area contributed by atoms with Crippen molar-refractivity contribution < 1.29 is 14.4 Å². The van der Waals surface area contributed by atoms with E-state index in [1.165, 1.54) is 0 Å². The minimum absolute atomic E-state index is 0.182. The van der Waals surface area contributed by atoms with Crippen LogP contribution < -0.4 is 5.32 Å². The van der Waals surface area contributed by atoms with Gasteiger partial charge < -0.3 is 5.32 Å². The monoisotopic (exact) mass is 294 g/mol. The Labute approximate surface area is 121 Å². The van der Waals surface area contributed by atoms with E-state index in [-0.39, 0.29) is 37.1 Å². The Morgan fingerprint density at radius 1 is 1.30 bits per heavy atom. The van der Waals surface area contributed by atoms with Gasteiger partial charge in [0.25, 0.3) is 0 Å². The lowest BCUT2D eigenvalue weighted by Crippen LogP contribution is -2.47. The van der Waals surface area contributed by atoms with Gasteiger partial charge in [-0.3, -0.25) is 19.3 Å². The second kappa shape index (κ2) is 6.05.